The number of carbonyl (C=O) groups is 1. The molecule has 1 N–H and O–H groups in total. The summed E-state index contributed by atoms with van der Waals surface area (Å²) in [6.45, 7) is 3.09. The van der Waals surface area contributed by atoms with Crippen molar-refractivity contribution in [3.8, 4) is 0 Å². The van der Waals surface area contributed by atoms with Gasteiger partial charge < -0.3 is 9.88 Å². The van der Waals surface area contributed by atoms with Crippen LogP contribution in [0.15, 0.2) is 84.0 Å². The normalized spacial score (nSPS) is 10.8. The molecule has 0 saturated heterocycles. The number of hydrogen-bond donors (Lipinski definition) is 1. The van der Waals surface area contributed by atoms with E-state index in [1.165, 1.54) is 11.8 Å². The van der Waals surface area contributed by atoms with Gasteiger partial charge in [0.2, 0.25) is 0 Å². The molecule has 0 spiro atoms. The van der Waals surface area contributed by atoms with Crippen LogP contribution in [0.25, 0.3) is 0 Å². The lowest BCUT2D eigenvalue weighted by Gasteiger charge is -2.12. The molecule has 0 bridgehead atoms. The average molecular weight is 463 g/mol. The number of thioether (sulfide) groups is 1. The Balaban J connectivity index is 1.52. The number of aromatic nitrogens is 3. The van der Waals surface area contributed by atoms with Gasteiger partial charge >= 0.3 is 0 Å². The summed E-state index contributed by atoms with van der Waals surface area (Å²) in [6.07, 6.45) is 0. The molecule has 0 radical (unpaired) electrons. The Bertz CT molecular complexity index is 1200. The molecule has 1 heterocycles. The minimum Gasteiger partial charge on any atom is -0.378 e. The fraction of sp³-hybridized carbons (Fsp3) is 0.160. The van der Waals surface area contributed by atoms with Gasteiger partial charge in [-0.25, -0.2) is 0 Å². The number of carbonyl (C=O) groups excluding carboxylic acids is 1. The summed E-state index contributed by atoms with van der Waals surface area (Å²) in [4.78, 5) is 12.6. The monoisotopic (exact) mass is 462 g/mol. The first kappa shape index (κ1) is 22.1. The van der Waals surface area contributed by atoms with E-state index in [0.29, 0.717) is 24.4 Å². The first-order valence-electron chi connectivity index (χ1n) is 10.3. The van der Waals surface area contributed by atoms with E-state index in [4.69, 9.17) is 11.6 Å². The van der Waals surface area contributed by atoms with Gasteiger partial charge in [0, 0.05) is 16.3 Å². The maximum absolute atomic E-state index is 12.6. The van der Waals surface area contributed by atoms with Crippen LogP contribution in [0.1, 0.15) is 27.3 Å². The van der Waals surface area contributed by atoms with Crippen LogP contribution in [0.4, 0.5) is 5.69 Å². The van der Waals surface area contributed by atoms with Crippen LogP contribution >= 0.6 is 23.4 Å². The smallest absolute Gasteiger partial charge is 0.192 e. The number of Topliss-reactive ketones (excluding diaryl/α,β-unsaturated/α-hetero) is 1. The highest BCUT2D eigenvalue weighted by Crippen LogP contribution is 2.23. The first-order chi connectivity index (χ1) is 15.6. The predicted octanol–water partition coefficient (Wildman–Crippen LogP) is 5.88. The number of aryl methyl sites for hydroxylation is 1. The molecule has 0 aliphatic rings. The maximum Gasteiger partial charge on any atom is 0.192 e. The van der Waals surface area contributed by atoms with E-state index < -0.39 is 0 Å². The summed E-state index contributed by atoms with van der Waals surface area (Å²) >= 11 is 7.66. The van der Waals surface area contributed by atoms with Gasteiger partial charge in [-0.15, -0.1) is 10.2 Å². The van der Waals surface area contributed by atoms with Crippen molar-refractivity contribution in [2.75, 3.05) is 11.1 Å². The number of benzene rings is 3. The van der Waals surface area contributed by atoms with Crippen LogP contribution in [0, 0.1) is 6.92 Å². The molecule has 3 aromatic carbocycles. The van der Waals surface area contributed by atoms with Crippen LogP contribution < -0.4 is 5.32 Å². The Morgan fingerprint density at radius 3 is 2.44 bits per heavy atom. The predicted molar refractivity (Wildman–Crippen MR) is 131 cm³/mol. The van der Waals surface area contributed by atoms with Crippen molar-refractivity contribution in [1.29, 1.82) is 0 Å². The van der Waals surface area contributed by atoms with Gasteiger partial charge in [0.15, 0.2) is 16.8 Å². The highest BCUT2D eigenvalue weighted by molar-refractivity contribution is 7.99. The number of nitrogens with one attached hydrogen (secondary N) is 1. The van der Waals surface area contributed by atoms with Gasteiger partial charge in [-0.05, 0) is 30.2 Å². The third-order valence-electron chi connectivity index (χ3n) is 5.03. The summed E-state index contributed by atoms with van der Waals surface area (Å²) in [7, 11) is 0. The topological polar surface area (TPSA) is 59.8 Å². The molecule has 0 amide bonds. The van der Waals surface area contributed by atoms with Crippen molar-refractivity contribution in [1.82, 2.24) is 14.8 Å². The van der Waals surface area contributed by atoms with Crippen LogP contribution in [0.2, 0.25) is 5.02 Å². The maximum atomic E-state index is 12.6. The third kappa shape index (κ3) is 5.58. The molecule has 0 aliphatic heterocycles. The molecule has 162 valence electrons. The number of ketones is 1. The summed E-state index contributed by atoms with van der Waals surface area (Å²) in [5, 5.41) is 13.6. The molecule has 0 unspecified atom stereocenters. The van der Waals surface area contributed by atoms with E-state index in [2.05, 4.69) is 32.2 Å². The molecule has 7 heteroatoms. The zero-order chi connectivity index (χ0) is 22.3. The van der Waals surface area contributed by atoms with Gasteiger partial charge in [0.25, 0.3) is 0 Å². The Labute approximate surface area is 196 Å². The number of nitrogens with zero attached hydrogens (tertiary/aromatic N) is 3. The molecule has 0 saturated carbocycles. The Kier molecular flexibility index (Phi) is 7.24. The van der Waals surface area contributed by atoms with Crippen LogP contribution in [0.3, 0.4) is 0 Å². The average Bonchev–Trinajstić information content (AvgIpc) is 3.20. The van der Waals surface area contributed by atoms with Crippen molar-refractivity contribution in [3.05, 3.63) is 106 Å². The molecule has 4 aromatic rings. The minimum absolute atomic E-state index is 0.0684. The van der Waals surface area contributed by atoms with E-state index in [1.54, 1.807) is 0 Å². The van der Waals surface area contributed by atoms with E-state index in [0.717, 1.165) is 32.8 Å². The third-order valence-corrected chi connectivity index (χ3v) is 6.40. The summed E-state index contributed by atoms with van der Waals surface area (Å²) in [5.74, 6) is 1.16. The van der Waals surface area contributed by atoms with Crippen LogP contribution in [-0.4, -0.2) is 26.3 Å². The SMILES string of the molecule is Cc1ccc(NCc2nnc(SCC(=O)c3ccccc3)n2Cc2ccccc2)cc1Cl. The molecule has 1 aromatic heterocycles. The largest absolute Gasteiger partial charge is 0.378 e. The highest BCUT2D eigenvalue weighted by Gasteiger charge is 2.15. The lowest BCUT2D eigenvalue weighted by molar-refractivity contribution is 0.102. The quantitative estimate of drug-likeness (QED) is 0.249. The zero-order valence-electron chi connectivity index (χ0n) is 17.7. The Morgan fingerprint density at radius 1 is 1.00 bits per heavy atom. The van der Waals surface area contributed by atoms with Crippen LogP contribution in [-0.2, 0) is 13.1 Å². The van der Waals surface area contributed by atoms with Gasteiger partial charge in [0.1, 0.15) is 0 Å². The van der Waals surface area contributed by atoms with Gasteiger partial charge in [-0.3, -0.25) is 4.79 Å². The highest BCUT2D eigenvalue weighted by atomic mass is 35.5. The fourth-order valence-electron chi connectivity index (χ4n) is 3.20. The molecular weight excluding hydrogens is 440 g/mol. The molecule has 0 aliphatic carbocycles. The van der Waals surface area contributed by atoms with Crippen molar-refractivity contribution in [3.63, 3.8) is 0 Å². The van der Waals surface area contributed by atoms with Crippen molar-refractivity contribution >= 4 is 34.8 Å². The van der Waals surface area contributed by atoms with Gasteiger partial charge in [0.05, 0.1) is 18.8 Å². The van der Waals surface area contributed by atoms with Crippen molar-refractivity contribution in [2.24, 2.45) is 0 Å². The molecular formula is C25H23ClN4OS. The number of rotatable bonds is 9. The number of halogens is 1. The molecule has 32 heavy (non-hydrogen) atoms. The van der Waals surface area contributed by atoms with E-state index >= 15 is 0 Å². The summed E-state index contributed by atoms with van der Waals surface area (Å²) in [6, 6.07) is 25.4. The lowest BCUT2D eigenvalue weighted by Crippen LogP contribution is -2.11. The second-order valence-electron chi connectivity index (χ2n) is 7.37. The number of hydrogen-bond acceptors (Lipinski definition) is 5. The van der Waals surface area contributed by atoms with Gasteiger partial charge in [-0.1, -0.05) is 90.1 Å². The Hall–Kier alpha value is -3.09. The molecule has 4 rings (SSSR count). The van der Waals surface area contributed by atoms with Gasteiger partial charge in [-0.2, -0.15) is 0 Å². The fourth-order valence-corrected chi connectivity index (χ4v) is 4.23. The Morgan fingerprint density at radius 2 is 1.72 bits per heavy atom. The second-order valence-corrected chi connectivity index (χ2v) is 8.72. The molecule has 0 fully saturated rings. The van der Waals surface area contributed by atoms with Crippen LogP contribution in [0.5, 0.6) is 0 Å². The summed E-state index contributed by atoms with van der Waals surface area (Å²) in [5.41, 5.74) is 3.80. The second kappa shape index (κ2) is 10.5. The first-order valence-corrected chi connectivity index (χ1v) is 11.6. The lowest BCUT2D eigenvalue weighted by atomic mass is 10.2. The van der Waals surface area contributed by atoms with Crippen molar-refractivity contribution in [2.45, 2.75) is 25.2 Å². The van der Waals surface area contributed by atoms with E-state index in [1.807, 2.05) is 73.7 Å². The van der Waals surface area contributed by atoms with E-state index in [9.17, 15) is 4.79 Å². The number of anilines is 1. The minimum atomic E-state index is 0.0684. The molecule has 5 nitrogen and oxygen atoms in total. The summed E-state index contributed by atoms with van der Waals surface area (Å²) < 4.78 is 2.06. The standard InChI is InChI=1S/C25H23ClN4OS/c1-18-12-13-21(14-22(18)26)27-15-24-28-29-25(30(24)16-19-8-4-2-5-9-19)32-17-23(31)20-10-6-3-7-11-20/h2-14,27H,15-17H2,1H3. The van der Waals surface area contributed by atoms with E-state index in [-0.39, 0.29) is 5.78 Å². The molecule has 0 atom stereocenters. The zero-order valence-corrected chi connectivity index (χ0v) is 19.2. The van der Waals surface area contributed by atoms with Crippen molar-refractivity contribution < 1.29 is 4.79 Å².